The van der Waals surface area contributed by atoms with Gasteiger partial charge < -0.3 is 19.8 Å². The number of fused-ring (bicyclic) bond motifs is 2. The molecule has 6 nitrogen and oxygen atoms in total. The molecule has 0 radical (unpaired) electrons. The number of carbonyl (C=O) groups is 2. The Hall–Kier alpha value is -3.75. The second-order valence-electron chi connectivity index (χ2n) is 6.72. The summed E-state index contributed by atoms with van der Waals surface area (Å²) in [4.78, 5) is 24.9. The summed E-state index contributed by atoms with van der Waals surface area (Å²) in [7, 11) is 0. The van der Waals surface area contributed by atoms with Crippen molar-refractivity contribution in [2.75, 3.05) is 4.90 Å². The predicted molar refractivity (Wildman–Crippen MR) is 100 cm³/mol. The van der Waals surface area contributed by atoms with E-state index in [4.69, 9.17) is 4.74 Å². The zero-order valence-corrected chi connectivity index (χ0v) is 15.1. The molecule has 0 saturated heterocycles. The van der Waals surface area contributed by atoms with Gasteiger partial charge >= 0.3 is 18.1 Å². The SMILES string of the molecule is O=C(O)C1=CC=CC2C1Oc1c(C(=O)O)cccc1N2c1cccc(C(F)(F)F)c1. The summed E-state index contributed by atoms with van der Waals surface area (Å²) in [6.07, 6.45) is -1.28. The van der Waals surface area contributed by atoms with Gasteiger partial charge in [-0.25, -0.2) is 9.59 Å². The van der Waals surface area contributed by atoms with Crippen molar-refractivity contribution in [1.82, 2.24) is 0 Å². The zero-order valence-electron chi connectivity index (χ0n) is 15.1. The highest BCUT2D eigenvalue weighted by molar-refractivity contribution is 5.96. The average molecular weight is 417 g/mol. The van der Waals surface area contributed by atoms with Crippen LogP contribution in [0, 0.1) is 0 Å². The molecule has 2 atom stereocenters. The number of rotatable bonds is 3. The molecular formula is C21H14F3NO5. The first-order chi connectivity index (χ1) is 14.2. The highest BCUT2D eigenvalue weighted by Crippen LogP contribution is 2.46. The van der Waals surface area contributed by atoms with Crippen LogP contribution in [0.5, 0.6) is 5.75 Å². The predicted octanol–water partition coefficient (Wildman–Crippen LogP) is 4.25. The van der Waals surface area contributed by atoms with Gasteiger partial charge in [0.2, 0.25) is 0 Å². The lowest BCUT2D eigenvalue weighted by molar-refractivity contribution is -0.137. The molecule has 0 aromatic heterocycles. The van der Waals surface area contributed by atoms with Crippen molar-refractivity contribution >= 4 is 23.3 Å². The maximum absolute atomic E-state index is 13.3. The second-order valence-corrected chi connectivity index (χ2v) is 6.72. The largest absolute Gasteiger partial charge is 0.480 e. The van der Waals surface area contributed by atoms with E-state index in [1.54, 1.807) is 6.08 Å². The number of aliphatic carboxylic acids is 1. The normalized spacial score (nSPS) is 20.0. The van der Waals surface area contributed by atoms with Gasteiger partial charge in [-0.15, -0.1) is 0 Å². The van der Waals surface area contributed by atoms with Crippen molar-refractivity contribution in [2.24, 2.45) is 0 Å². The molecule has 4 rings (SSSR count). The molecule has 2 aromatic rings. The van der Waals surface area contributed by atoms with Gasteiger partial charge in [0.15, 0.2) is 11.9 Å². The van der Waals surface area contributed by atoms with Crippen LogP contribution in [0.15, 0.2) is 66.3 Å². The topological polar surface area (TPSA) is 87.1 Å². The quantitative estimate of drug-likeness (QED) is 0.777. The highest BCUT2D eigenvalue weighted by Gasteiger charge is 2.42. The van der Waals surface area contributed by atoms with Crippen molar-refractivity contribution in [3.05, 3.63) is 77.4 Å². The van der Waals surface area contributed by atoms with E-state index in [9.17, 15) is 33.0 Å². The fraction of sp³-hybridized carbons (Fsp3) is 0.143. The summed E-state index contributed by atoms with van der Waals surface area (Å²) in [5.41, 5.74) is -0.879. The van der Waals surface area contributed by atoms with Crippen molar-refractivity contribution in [3.63, 3.8) is 0 Å². The fourth-order valence-corrected chi connectivity index (χ4v) is 3.64. The minimum absolute atomic E-state index is 0.105. The van der Waals surface area contributed by atoms with Crippen LogP contribution in [0.2, 0.25) is 0 Å². The van der Waals surface area contributed by atoms with Gasteiger partial charge in [0, 0.05) is 5.69 Å². The van der Waals surface area contributed by atoms with Crippen molar-refractivity contribution in [3.8, 4) is 5.75 Å². The van der Waals surface area contributed by atoms with E-state index in [-0.39, 0.29) is 28.3 Å². The third-order valence-corrected chi connectivity index (χ3v) is 4.93. The average Bonchev–Trinajstić information content (AvgIpc) is 2.70. The van der Waals surface area contributed by atoms with E-state index >= 15 is 0 Å². The van der Waals surface area contributed by atoms with Crippen LogP contribution in [0.4, 0.5) is 24.5 Å². The minimum atomic E-state index is -4.58. The van der Waals surface area contributed by atoms with Gasteiger partial charge in [-0.3, -0.25) is 0 Å². The first-order valence-electron chi connectivity index (χ1n) is 8.79. The molecule has 0 fully saturated rings. The van der Waals surface area contributed by atoms with Crippen molar-refractivity contribution in [1.29, 1.82) is 0 Å². The lowest BCUT2D eigenvalue weighted by atomic mass is 9.92. The van der Waals surface area contributed by atoms with Gasteiger partial charge in [0.25, 0.3) is 0 Å². The Morgan fingerprint density at radius 1 is 1.03 bits per heavy atom. The minimum Gasteiger partial charge on any atom is -0.480 e. The highest BCUT2D eigenvalue weighted by atomic mass is 19.4. The smallest absolute Gasteiger partial charge is 0.416 e. The second kappa shape index (κ2) is 6.94. The molecule has 154 valence electrons. The number of para-hydroxylation sites is 1. The first-order valence-corrected chi connectivity index (χ1v) is 8.79. The third-order valence-electron chi connectivity index (χ3n) is 4.93. The molecule has 30 heavy (non-hydrogen) atoms. The number of ether oxygens (including phenoxy) is 1. The first kappa shape index (κ1) is 19.6. The standard InChI is InChI=1S/C21H14F3NO5/c22-21(23,24)11-4-1-5-12(10-11)25-15-8-2-6-13(19(26)27)17(15)30-18-14(20(28)29)7-3-9-16(18)25/h1-10,15,17H,(H,26,27)(H,28,29). The van der Waals surface area contributed by atoms with Gasteiger partial charge in [-0.2, -0.15) is 13.2 Å². The molecule has 1 heterocycles. The monoisotopic (exact) mass is 417 g/mol. The van der Waals surface area contributed by atoms with E-state index in [2.05, 4.69) is 0 Å². The number of benzene rings is 2. The summed E-state index contributed by atoms with van der Waals surface area (Å²) in [5, 5.41) is 19.1. The molecule has 2 aromatic carbocycles. The Balaban J connectivity index is 1.94. The summed E-state index contributed by atoms with van der Waals surface area (Å²) in [6, 6.07) is 8.01. The summed E-state index contributed by atoms with van der Waals surface area (Å²) in [6.45, 7) is 0. The Kier molecular flexibility index (Phi) is 4.53. The zero-order chi connectivity index (χ0) is 21.6. The Morgan fingerprint density at radius 2 is 1.77 bits per heavy atom. The molecule has 0 saturated carbocycles. The van der Waals surface area contributed by atoms with E-state index in [0.717, 1.165) is 12.1 Å². The summed E-state index contributed by atoms with van der Waals surface area (Å²) in [5.74, 6) is -2.68. The lowest BCUT2D eigenvalue weighted by Gasteiger charge is -2.43. The van der Waals surface area contributed by atoms with Crippen molar-refractivity contribution < 1.29 is 37.7 Å². The molecule has 1 aliphatic carbocycles. The van der Waals surface area contributed by atoms with Gasteiger partial charge in [0.1, 0.15) is 5.56 Å². The van der Waals surface area contributed by atoms with Crippen LogP contribution in [0.1, 0.15) is 15.9 Å². The third kappa shape index (κ3) is 3.18. The van der Waals surface area contributed by atoms with Crippen LogP contribution in [0.25, 0.3) is 0 Å². The van der Waals surface area contributed by atoms with Crippen LogP contribution >= 0.6 is 0 Å². The number of nitrogens with zero attached hydrogens (tertiary/aromatic N) is 1. The fourth-order valence-electron chi connectivity index (χ4n) is 3.64. The number of carboxylic acids is 2. The number of aromatic carboxylic acids is 1. The number of anilines is 2. The van der Waals surface area contributed by atoms with Gasteiger partial charge in [-0.1, -0.05) is 24.3 Å². The Bertz CT molecular complexity index is 1110. The van der Waals surface area contributed by atoms with Gasteiger partial charge in [0.05, 0.1) is 22.9 Å². The molecule has 0 amide bonds. The number of hydrogen-bond acceptors (Lipinski definition) is 4. The Morgan fingerprint density at radius 3 is 2.43 bits per heavy atom. The molecule has 9 heteroatoms. The number of allylic oxidation sites excluding steroid dienone is 2. The van der Waals surface area contributed by atoms with E-state index < -0.39 is 35.8 Å². The van der Waals surface area contributed by atoms with Crippen LogP contribution in [-0.4, -0.2) is 34.3 Å². The lowest BCUT2D eigenvalue weighted by Crippen LogP contribution is -2.49. The molecule has 2 N–H and O–H groups in total. The molecule has 0 spiro atoms. The number of hydrogen-bond donors (Lipinski definition) is 2. The van der Waals surface area contributed by atoms with Gasteiger partial charge in [-0.05, 0) is 36.4 Å². The molecule has 2 unspecified atom stereocenters. The number of alkyl halides is 3. The molecular weight excluding hydrogens is 403 g/mol. The summed E-state index contributed by atoms with van der Waals surface area (Å²) < 4.78 is 45.6. The Labute approximate surface area is 168 Å². The van der Waals surface area contributed by atoms with E-state index in [1.807, 2.05) is 0 Å². The molecule has 2 aliphatic rings. The van der Waals surface area contributed by atoms with Crippen LogP contribution in [0.3, 0.4) is 0 Å². The van der Waals surface area contributed by atoms with E-state index in [1.165, 1.54) is 47.4 Å². The van der Waals surface area contributed by atoms with Crippen molar-refractivity contribution in [2.45, 2.75) is 18.3 Å². The number of halogens is 3. The maximum Gasteiger partial charge on any atom is 0.416 e. The maximum atomic E-state index is 13.3. The summed E-state index contributed by atoms with van der Waals surface area (Å²) >= 11 is 0. The number of carboxylic acid groups (broad SMARTS) is 2. The van der Waals surface area contributed by atoms with E-state index in [0.29, 0.717) is 0 Å². The van der Waals surface area contributed by atoms with Crippen LogP contribution in [-0.2, 0) is 11.0 Å². The molecule has 0 bridgehead atoms. The van der Waals surface area contributed by atoms with Crippen LogP contribution < -0.4 is 9.64 Å². The molecule has 1 aliphatic heterocycles.